The average Bonchev–Trinajstić information content (AvgIpc) is 2.89. The fourth-order valence-corrected chi connectivity index (χ4v) is 2.88. The van der Waals surface area contributed by atoms with Crippen molar-refractivity contribution in [1.29, 1.82) is 0 Å². The van der Waals surface area contributed by atoms with Crippen LogP contribution in [0.25, 0.3) is 0 Å². The molecule has 1 fully saturated rings. The summed E-state index contributed by atoms with van der Waals surface area (Å²) in [5, 5.41) is 12.6. The van der Waals surface area contributed by atoms with E-state index in [0.717, 1.165) is 32.4 Å². The molecular weight excluding hydrogens is 290 g/mol. The Balaban J connectivity index is 1.75. The van der Waals surface area contributed by atoms with Gasteiger partial charge in [-0.2, -0.15) is 0 Å². The number of nitrogens with one attached hydrogen (secondary N) is 1. The third kappa shape index (κ3) is 4.59. The minimum Gasteiger partial charge on any atom is -0.397 e. The number of nitrogen functional groups attached to an aromatic ring is 1. The molecule has 0 radical (unpaired) electrons. The van der Waals surface area contributed by atoms with Gasteiger partial charge in [-0.05, 0) is 50.6 Å². The van der Waals surface area contributed by atoms with Gasteiger partial charge in [0.1, 0.15) is 0 Å². The van der Waals surface area contributed by atoms with E-state index in [0.29, 0.717) is 22.8 Å². The summed E-state index contributed by atoms with van der Waals surface area (Å²) in [4.78, 5) is 14.2. The first-order chi connectivity index (χ1) is 10.1. The number of benzene rings is 1. The van der Waals surface area contributed by atoms with Gasteiger partial charge in [-0.15, -0.1) is 0 Å². The Morgan fingerprint density at radius 2 is 2.33 bits per heavy atom. The molecule has 0 bridgehead atoms. The van der Waals surface area contributed by atoms with Crippen molar-refractivity contribution in [1.82, 2.24) is 4.90 Å². The molecular formula is C15H22ClN3O2. The normalized spacial score (nSPS) is 18.9. The number of rotatable bonds is 6. The van der Waals surface area contributed by atoms with Crippen LogP contribution in [0.3, 0.4) is 0 Å². The number of aliphatic hydroxyl groups is 1. The number of aliphatic hydroxyl groups excluding tert-OH is 1. The number of likely N-dealkylation sites (tertiary alicyclic amines) is 1. The molecule has 5 nitrogen and oxygen atoms in total. The number of nitrogens with zero attached hydrogens (tertiary/aromatic N) is 1. The number of carbonyl (C=O) groups is 1. The molecule has 1 heterocycles. The van der Waals surface area contributed by atoms with Crippen molar-refractivity contribution in [3.05, 3.63) is 23.2 Å². The Morgan fingerprint density at radius 1 is 1.52 bits per heavy atom. The largest absolute Gasteiger partial charge is 0.397 e. The molecule has 0 aromatic heterocycles. The van der Waals surface area contributed by atoms with Gasteiger partial charge >= 0.3 is 0 Å². The highest BCUT2D eigenvalue weighted by molar-refractivity contribution is 6.31. The molecule has 1 aliphatic heterocycles. The van der Waals surface area contributed by atoms with E-state index in [1.807, 2.05) is 0 Å². The van der Waals surface area contributed by atoms with Gasteiger partial charge in [0, 0.05) is 17.5 Å². The summed E-state index contributed by atoms with van der Waals surface area (Å²) in [6.07, 6.45) is 3.38. The topological polar surface area (TPSA) is 78.6 Å². The lowest BCUT2D eigenvalue weighted by molar-refractivity contribution is -0.116. The van der Waals surface area contributed by atoms with Crippen LogP contribution in [0, 0.1) is 0 Å². The van der Waals surface area contributed by atoms with Crippen molar-refractivity contribution < 1.29 is 9.90 Å². The van der Waals surface area contributed by atoms with E-state index in [1.165, 1.54) is 0 Å². The van der Waals surface area contributed by atoms with Crippen LogP contribution in [0.15, 0.2) is 18.2 Å². The fraction of sp³-hybridized carbons (Fsp3) is 0.533. The molecule has 1 aromatic rings. The lowest BCUT2D eigenvalue weighted by atomic mass is 10.2. The lowest BCUT2D eigenvalue weighted by Crippen LogP contribution is -2.33. The number of carbonyl (C=O) groups excluding carboxylic acids is 1. The first-order valence-corrected chi connectivity index (χ1v) is 7.67. The third-order valence-corrected chi connectivity index (χ3v) is 4.08. The first-order valence-electron chi connectivity index (χ1n) is 7.30. The van der Waals surface area contributed by atoms with Gasteiger partial charge in [-0.25, -0.2) is 0 Å². The number of hydrogen-bond acceptors (Lipinski definition) is 4. The zero-order valence-electron chi connectivity index (χ0n) is 12.0. The highest BCUT2D eigenvalue weighted by Crippen LogP contribution is 2.23. The highest BCUT2D eigenvalue weighted by atomic mass is 35.5. The van der Waals surface area contributed by atoms with E-state index >= 15 is 0 Å². The van der Waals surface area contributed by atoms with Crippen molar-refractivity contribution in [3.63, 3.8) is 0 Å². The predicted molar refractivity (Wildman–Crippen MR) is 85.4 cm³/mol. The van der Waals surface area contributed by atoms with Crippen molar-refractivity contribution in [2.75, 3.05) is 30.7 Å². The molecule has 1 atom stereocenters. The standard InChI is InChI=1S/C15H22ClN3O2/c16-11-5-6-14(13(17)9-11)18-15(21)4-2-8-19-7-1-3-12(19)10-20/h5-6,9,12,20H,1-4,7-8,10,17H2,(H,18,21). The smallest absolute Gasteiger partial charge is 0.224 e. The molecule has 4 N–H and O–H groups in total. The minimum atomic E-state index is -0.0521. The van der Waals surface area contributed by atoms with Crippen LogP contribution in [-0.4, -0.2) is 41.7 Å². The molecule has 1 unspecified atom stereocenters. The molecule has 0 aliphatic carbocycles. The summed E-state index contributed by atoms with van der Waals surface area (Å²) >= 11 is 5.82. The third-order valence-electron chi connectivity index (χ3n) is 3.85. The lowest BCUT2D eigenvalue weighted by Gasteiger charge is -2.22. The summed E-state index contributed by atoms with van der Waals surface area (Å²) in [6, 6.07) is 5.29. The van der Waals surface area contributed by atoms with E-state index < -0.39 is 0 Å². The van der Waals surface area contributed by atoms with Crippen molar-refractivity contribution >= 4 is 28.9 Å². The maximum atomic E-state index is 11.9. The first kappa shape index (κ1) is 16.1. The molecule has 0 spiro atoms. The Hall–Kier alpha value is -1.30. The second kappa shape index (κ2) is 7.64. The monoisotopic (exact) mass is 311 g/mol. The SMILES string of the molecule is Nc1cc(Cl)ccc1NC(=O)CCCN1CCCC1CO. The molecule has 1 saturated heterocycles. The number of nitrogens with two attached hydrogens (primary N) is 1. The van der Waals surface area contributed by atoms with Crippen LogP contribution in [0.4, 0.5) is 11.4 Å². The van der Waals surface area contributed by atoms with Crippen LogP contribution in [0.2, 0.25) is 5.02 Å². The molecule has 21 heavy (non-hydrogen) atoms. The van der Waals surface area contributed by atoms with Gasteiger partial charge < -0.3 is 16.2 Å². The van der Waals surface area contributed by atoms with Crippen molar-refractivity contribution in [2.45, 2.75) is 31.7 Å². The second-order valence-corrected chi connectivity index (χ2v) is 5.83. The summed E-state index contributed by atoms with van der Waals surface area (Å²) in [5.41, 5.74) is 6.86. The van der Waals surface area contributed by atoms with Crippen molar-refractivity contribution in [2.24, 2.45) is 0 Å². The molecule has 6 heteroatoms. The van der Waals surface area contributed by atoms with Gasteiger partial charge in [-0.3, -0.25) is 9.69 Å². The van der Waals surface area contributed by atoms with Crippen LogP contribution in [0.1, 0.15) is 25.7 Å². The zero-order valence-corrected chi connectivity index (χ0v) is 12.8. The van der Waals surface area contributed by atoms with Gasteiger partial charge in [0.2, 0.25) is 5.91 Å². The average molecular weight is 312 g/mol. The zero-order chi connectivity index (χ0) is 15.2. The van der Waals surface area contributed by atoms with Gasteiger partial charge in [0.25, 0.3) is 0 Å². The highest BCUT2D eigenvalue weighted by Gasteiger charge is 2.23. The fourth-order valence-electron chi connectivity index (χ4n) is 2.70. The number of amides is 1. The number of hydrogen-bond donors (Lipinski definition) is 3. The molecule has 116 valence electrons. The Labute approximate surface area is 130 Å². The Morgan fingerprint density at radius 3 is 3.05 bits per heavy atom. The van der Waals surface area contributed by atoms with E-state index in [2.05, 4.69) is 10.2 Å². The summed E-state index contributed by atoms with van der Waals surface area (Å²) in [7, 11) is 0. The Bertz CT molecular complexity index is 496. The summed E-state index contributed by atoms with van der Waals surface area (Å²) < 4.78 is 0. The van der Waals surface area contributed by atoms with Crippen LogP contribution in [-0.2, 0) is 4.79 Å². The number of halogens is 1. The van der Waals surface area contributed by atoms with E-state index in [4.69, 9.17) is 17.3 Å². The van der Waals surface area contributed by atoms with E-state index in [1.54, 1.807) is 18.2 Å². The minimum absolute atomic E-state index is 0.0521. The number of anilines is 2. The maximum absolute atomic E-state index is 11.9. The molecule has 2 rings (SSSR count). The second-order valence-electron chi connectivity index (χ2n) is 5.40. The van der Waals surface area contributed by atoms with Crippen LogP contribution in [0.5, 0.6) is 0 Å². The van der Waals surface area contributed by atoms with Gasteiger partial charge in [-0.1, -0.05) is 11.6 Å². The molecule has 1 aliphatic rings. The quantitative estimate of drug-likeness (QED) is 0.703. The van der Waals surface area contributed by atoms with Crippen LogP contribution < -0.4 is 11.1 Å². The molecule has 1 amide bonds. The van der Waals surface area contributed by atoms with Gasteiger partial charge in [0.15, 0.2) is 0 Å². The summed E-state index contributed by atoms with van der Waals surface area (Å²) in [6.45, 7) is 2.05. The van der Waals surface area contributed by atoms with Crippen molar-refractivity contribution in [3.8, 4) is 0 Å². The summed E-state index contributed by atoms with van der Waals surface area (Å²) in [5.74, 6) is -0.0521. The van der Waals surface area contributed by atoms with E-state index in [-0.39, 0.29) is 18.6 Å². The van der Waals surface area contributed by atoms with E-state index in [9.17, 15) is 9.90 Å². The van der Waals surface area contributed by atoms with Gasteiger partial charge in [0.05, 0.1) is 18.0 Å². The predicted octanol–water partition coefficient (Wildman–Crippen LogP) is 2.10. The maximum Gasteiger partial charge on any atom is 0.224 e. The Kier molecular flexibility index (Phi) is 5.85. The van der Waals surface area contributed by atoms with Crippen LogP contribution >= 0.6 is 11.6 Å². The molecule has 1 aromatic carbocycles. The molecule has 0 saturated carbocycles.